The Morgan fingerprint density at radius 1 is 0.764 bits per heavy atom. The number of carbonyl (C=O) groups excluding carboxylic acids is 7. The van der Waals surface area contributed by atoms with Gasteiger partial charge in [-0.1, -0.05) is 107 Å². The molecule has 0 heterocycles. The first-order valence-electron chi connectivity index (χ1n) is 18.9. The first kappa shape index (κ1) is 43.8. The zero-order valence-corrected chi connectivity index (χ0v) is 32.2. The third-order valence-corrected chi connectivity index (χ3v) is 9.61. The van der Waals surface area contributed by atoms with Crippen molar-refractivity contribution in [2.75, 3.05) is 6.54 Å². The lowest BCUT2D eigenvalue weighted by Crippen LogP contribution is -2.54. The third-order valence-electron chi connectivity index (χ3n) is 9.61. The average molecular weight is 758 g/mol. The maximum absolute atomic E-state index is 13.8. The Labute approximate surface area is 322 Å². The predicted molar refractivity (Wildman–Crippen MR) is 209 cm³/mol. The highest BCUT2D eigenvalue weighted by atomic mass is 16.5. The molecule has 0 aliphatic carbocycles. The number of ether oxygens (including phenoxy) is 1. The number of fused-ring (bicyclic) bond motifs is 1. The summed E-state index contributed by atoms with van der Waals surface area (Å²) in [6.07, 6.45) is 0.621. The van der Waals surface area contributed by atoms with Crippen LogP contribution in [0.4, 0.5) is 4.79 Å². The number of rotatable bonds is 23. The third kappa shape index (κ3) is 14.6. The number of hydrogen-bond donors (Lipinski definition) is 5. The number of nitrogens with two attached hydrogens (primary N) is 2. The lowest BCUT2D eigenvalue weighted by Gasteiger charge is -2.27. The number of hydrogen-bond acceptors (Lipinski definition) is 8. The fourth-order valence-corrected chi connectivity index (χ4v) is 6.33. The van der Waals surface area contributed by atoms with E-state index < -0.39 is 71.1 Å². The van der Waals surface area contributed by atoms with Crippen molar-refractivity contribution in [1.29, 1.82) is 0 Å². The van der Waals surface area contributed by atoms with E-state index in [-0.39, 0.29) is 51.2 Å². The number of Topliss-reactive ketones (excluding diaryl/α,β-unsaturated/α-hetero) is 2. The number of primary amides is 2. The van der Waals surface area contributed by atoms with Crippen LogP contribution in [-0.4, -0.2) is 59.9 Å². The van der Waals surface area contributed by atoms with Crippen molar-refractivity contribution in [3.8, 4) is 0 Å². The molecule has 3 aromatic carbocycles. The van der Waals surface area contributed by atoms with Crippen LogP contribution in [0.1, 0.15) is 77.3 Å². The highest BCUT2D eigenvalue weighted by Gasteiger charge is 2.36. The zero-order valence-electron chi connectivity index (χ0n) is 32.2. The van der Waals surface area contributed by atoms with E-state index >= 15 is 0 Å². The fourth-order valence-electron chi connectivity index (χ4n) is 6.33. The summed E-state index contributed by atoms with van der Waals surface area (Å²) in [7, 11) is 0. The molecule has 0 spiro atoms. The highest BCUT2D eigenvalue weighted by Crippen LogP contribution is 2.22. The summed E-state index contributed by atoms with van der Waals surface area (Å²) in [6, 6.07) is 19.3. The van der Waals surface area contributed by atoms with Crippen LogP contribution in [0.3, 0.4) is 0 Å². The van der Waals surface area contributed by atoms with Crippen LogP contribution in [0.5, 0.6) is 0 Å². The molecule has 296 valence electrons. The van der Waals surface area contributed by atoms with Gasteiger partial charge in [0.2, 0.25) is 17.6 Å². The first-order valence-corrected chi connectivity index (χ1v) is 18.9. The Hall–Kier alpha value is -5.59. The minimum absolute atomic E-state index is 0.0154. The minimum Gasteiger partial charge on any atom is -0.461 e. The molecule has 13 heteroatoms. The molecule has 0 aromatic heterocycles. The number of nitrogens with one attached hydrogen (secondary N) is 3. The molecule has 3 aromatic rings. The number of esters is 1. The first-order chi connectivity index (χ1) is 26.2. The molecule has 0 aliphatic rings. The van der Waals surface area contributed by atoms with Crippen LogP contribution in [0.25, 0.3) is 10.8 Å². The van der Waals surface area contributed by atoms with Gasteiger partial charge in [-0.15, -0.1) is 0 Å². The van der Waals surface area contributed by atoms with Crippen molar-refractivity contribution in [1.82, 2.24) is 16.0 Å². The SMILES string of the molecule is CC[C@H](C)C(NC(=O)[C@@H](CC(=O)OCc1ccccc1)CC(C)C)C(=O)C(=O)N[C@@H](CCCNC(N)=O)C(=O)C[C@@H](Cc1ccc2ccccc2c1)C(N)=O. The molecule has 0 aliphatic heterocycles. The van der Waals surface area contributed by atoms with Gasteiger partial charge in [0.05, 0.1) is 18.5 Å². The number of urea groups is 1. The monoisotopic (exact) mass is 757 g/mol. The van der Waals surface area contributed by atoms with Crippen LogP contribution in [0, 0.1) is 23.7 Å². The molecule has 5 atom stereocenters. The second-order valence-electron chi connectivity index (χ2n) is 14.5. The number of ketones is 2. The van der Waals surface area contributed by atoms with Crippen molar-refractivity contribution in [2.24, 2.45) is 35.1 Å². The predicted octanol–water partition coefficient (Wildman–Crippen LogP) is 4.27. The van der Waals surface area contributed by atoms with E-state index in [0.717, 1.165) is 21.9 Å². The second kappa shape index (κ2) is 21.9. The molecule has 13 nitrogen and oxygen atoms in total. The van der Waals surface area contributed by atoms with Crippen LogP contribution in [0.2, 0.25) is 0 Å². The molecule has 0 bridgehead atoms. The van der Waals surface area contributed by atoms with E-state index in [1.54, 1.807) is 13.8 Å². The number of benzene rings is 3. The van der Waals surface area contributed by atoms with E-state index in [1.807, 2.05) is 86.6 Å². The van der Waals surface area contributed by atoms with Gasteiger partial charge in [0.15, 0.2) is 5.78 Å². The van der Waals surface area contributed by atoms with Crippen molar-refractivity contribution < 1.29 is 38.3 Å². The smallest absolute Gasteiger partial charge is 0.312 e. The molecule has 0 fully saturated rings. The number of amides is 5. The normalized spacial score (nSPS) is 13.8. The Bertz CT molecular complexity index is 1800. The Balaban J connectivity index is 1.75. The molecule has 55 heavy (non-hydrogen) atoms. The fraction of sp³-hybridized carbons (Fsp3) is 0.452. The summed E-state index contributed by atoms with van der Waals surface area (Å²) in [5.41, 5.74) is 12.5. The molecule has 5 amide bonds. The van der Waals surface area contributed by atoms with Gasteiger partial charge in [-0.05, 0) is 59.4 Å². The average Bonchev–Trinajstić information content (AvgIpc) is 3.15. The van der Waals surface area contributed by atoms with Crippen molar-refractivity contribution in [2.45, 2.75) is 91.3 Å². The van der Waals surface area contributed by atoms with Crippen LogP contribution in [0.15, 0.2) is 72.8 Å². The van der Waals surface area contributed by atoms with Gasteiger partial charge in [-0.25, -0.2) is 4.79 Å². The molecule has 3 rings (SSSR count). The molecule has 0 radical (unpaired) electrons. The Kier molecular flexibility index (Phi) is 17.5. The lowest BCUT2D eigenvalue weighted by atomic mass is 9.89. The van der Waals surface area contributed by atoms with Crippen molar-refractivity contribution in [3.05, 3.63) is 83.9 Å². The van der Waals surface area contributed by atoms with Crippen molar-refractivity contribution >= 4 is 52.1 Å². The summed E-state index contributed by atoms with van der Waals surface area (Å²) in [4.78, 5) is 91.5. The molecule has 1 unspecified atom stereocenters. The summed E-state index contributed by atoms with van der Waals surface area (Å²) < 4.78 is 5.42. The topological polar surface area (TPSA) is 217 Å². The standard InChI is InChI=1S/C42H55N5O8/c1-5-27(4)37(47-40(52)33(20-26(2)3)24-36(49)55-25-28-12-7-6-8-13-28)38(50)41(53)46-34(16-11-19-45-42(44)54)35(48)23-32(39(43)51)22-29-17-18-30-14-9-10-15-31(30)21-29/h6-10,12-15,17-18,21,26-27,32-34,37H,5,11,16,19-20,22-25H2,1-4H3,(H2,43,51)(H,46,53)(H,47,52)(H3,44,45,54)/t27-,32+,33+,34-,37?/m0/s1. The van der Waals surface area contributed by atoms with E-state index in [4.69, 9.17) is 16.2 Å². The quantitative estimate of drug-likeness (QED) is 0.0533. The molecule has 0 saturated heterocycles. The lowest BCUT2D eigenvalue weighted by molar-refractivity contribution is -0.149. The van der Waals surface area contributed by atoms with Crippen LogP contribution in [-0.2, 0) is 46.5 Å². The molecular weight excluding hydrogens is 702 g/mol. The maximum atomic E-state index is 13.8. The Morgan fingerprint density at radius 2 is 1.44 bits per heavy atom. The number of carbonyl (C=O) groups is 7. The summed E-state index contributed by atoms with van der Waals surface area (Å²) in [6.45, 7) is 7.47. The molecule has 0 saturated carbocycles. The van der Waals surface area contributed by atoms with Crippen molar-refractivity contribution in [3.63, 3.8) is 0 Å². The minimum atomic E-state index is -1.26. The van der Waals surface area contributed by atoms with Gasteiger partial charge >= 0.3 is 12.0 Å². The van der Waals surface area contributed by atoms with Gasteiger partial charge in [0.25, 0.3) is 5.91 Å². The van der Waals surface area contributed by atoms with Gasteiger partial charge in [0, 0.05) is 24.8 Å². The van der Waals surface area contributed by atoms with E-state index in [2.05, 4.69) is 16.0 Å². The van der Waals surface area contributed by atoms with Gasteiger partial charge in [-0.2, -0.15) is 0 Å². The second-order valence-corrected chi connectivity index (χ2v) is 14.5. The molecule has 7 N–H and O–H groups in total. The van der Waals surface area contributed by atoms with Gasteiger partial charge in [-0.3, -0.25) is 28.8 Å². The maximum Gasteiger partial charge on any atom is 0.312 e. The van der Waals surface area contributed by atoms with Crippen LogP contribution >= 0.6 is 0 Å². The molecular formula is C42H55N5O8. The van der Waals surface area contributed by atoms with Gasteiger partial charge < -0.3 is 32.2 Å². The summed E-state index contributed by atoms with van der Waals surface area (Å²) >= 11 is 0. The summed E-state index contributed by atoms with van der Waals surface area (Å²) in [5.74, 6) is -6.62. The van der Waals surface area contributed by atoms with Crippen LogP contribution < -0.4 is 27.4 Å². The van der Waals surface area contributed by atoms with E-state index in [0.29, 0.717) is 12.8 Å². The largest absolute Gasteiger partial charge is 0.461 e. The van der Waals surface area contributed by atoms with E-state index in [9.17, 15) is 33.6 Å². The summed E-state index contributed by atoms with van der Waals surface area (Å²) in [5, 5.41) is 9.66. The van der Waals surface area contributed by atoms with E-state index in [1.165, 1.54) is 0 Å². The highest BCUT2D eigenvalue weighted by molar-refractivity contribution is 6.39. The van der Waals surface area contributed by atoms with Gasteiger partial charge in [0.1, 0.15) is 6.61 Å². The zero-order chi connectivity index (χ0) is 40.5. The Morgan fingerprint density at radius 3 is 2.07 bits per heavy atom.